The first-order valence-electron chi connectivity index (χ1n) is 4.21. The van der Waals surface area contributed by atoms with Crippen LogP contribution in [0.1, 0.15) is 10.4 Å². The van der Waals surface area contributed by atoms with Gasteiger partial charge in [0, 0.05) is 19.7 Å². The van der Waals surface area contributed by atoms with E-state index in [1.54, 1.807) is 26.2 Å². The van der Waals surface area contributed by atoms with Crippen molar-refractivity contribution in [1.82, 2.24) is 9.84 Å². The Morgan fingerprint density at radius 2 is 1.87 bits per heavy atom. The van der Waals surface area contributed by atoms with Crippen LogP contribution in [0, 0.1) is 0 Å². The lowest BCUT2D eigenvalue weighted by molar-refractivity contribution is 0.112. The lowest BCUT2D eigenvalue weighted by atomic mass is 10.2. The van der Waals surface area contributed by atoms with Crippen LogP contribution in [0.5, 0.6) is 0 Å². The van der Waals surface area contributed by atoms with Crippen molar-refractivity contribution in [1.29, 1.82) is 0 Å². The van der Waals surface area contributed by atoms with Crippen molar-refractivity contribution in [3.8, 4) is 0 Å². The maximum Gasteiger partial charge on any atom is 0.254 e. The number of nitrogens with zero attached hydrogens (tertiary/aromatic N) is 1. The molecule has 0 aliphatic carbocycles. The minimum absolute atomic E-state index is 0.0197. The van der Waals surface area contributed by atoms with Crippen molar-refractivity contribution in [3.63, 3.8) is 0 Å². The van der Waals surface area contributed by atoms with E-state index in [0.29, 0.717) is 6.29 Å². The van der Waals surface area contributed by atoms with Crippen molar-refractivity contribution in [2.45, 2.75) is 4.90 Å². The molecule has 0 aliphatic heterocycles. The molecule has 0 spiro atoms. The summed E-state index contributed by atoms with van der Waals surface area (Å²) >= 11 is 0. The van der Waals surface area contributed by atoms with Gasteiger partial charge in [-0.3, -0.25) is 4.79 Å². The quantitative estimate of drug-likeness (QED) is 0.592. The van der Waals surface area contributed by atoms with Gasteiger partial charge in [0.1, 0.15) is 0 Å². The molecule has 0 aliphatic rings. The molecule has 0 bridgehead atoms. The van der Waals surface area contributed by atoms with Gasteiger partial charge in [0.25, 0.3) is 10.0 Å². The highest BCUT2D eigenvalue weighted by Crippen LogP contribution is 2.12. The molecular weight excluding hydrogens is 216 g/mol. The highest BCUT2D eigenvalue weighted by Gasteiger charge is 2.17. The number of hydrogen-bond donors (Lipinski definition) is 1. The van der Waals surface area contributed by atoms with E-state index >= 15 is 0 Å². The molecule has 0 saturated carbocycles. The van der Waals surface area contributed by atoms with E-state index < -0.39 is 10.0 Å². The Labute approximate surface area is 88.7 Å². The predicted molar refractivity (Wildman–Crippen MR) is 55.8 cm³/mol. The summed E-state index contributed by atoms with van der Waals surface area (Å²) in [4.78, 5) is 12.9. The third kappa shape index (κ3) is 2.85. The molecule has 1 rings (SSSR count). The molecule has 1 aromatic rings. The molecule has 6 heteroatoms. The molecule has 5 nitrogen and oxygen atoms in total. The second-order valence-corrected chi connectivity index (χ2v) is 4.77. The molecule has 1 aromatic carbocycles. The van der Waals surface area contributed by atoms with E-state index in [9.17, 15) is 13.2 Å². The Bertz CT molecular complexity index is 454. The SMILES string of the molecule is CN(C)NS(=O)(=O)c1ccccc1C=O. The Kier molecular flexibility index (Phi) is 3.57. The number of hydrazine groups is 1. The van der Waals surface area contributed by atoms with E-state index in [2.05, 4.69) is 4.83 Å². The molecule has 0 atom stereocenters. The zero-order valence-electron chi connectivity index (χ0n) is 8.47. The molecule has 0 saturated heterocycles. The van der Waals surface area contributed by atoms with Crippen molar-refractivity contribution in [2.24, 2.45) is 0 Å². The monoisotopic (exact) mass is 228 g/mol. The first-order valence-corrected chi connectivity index (χ1v) is 5.69. The van der Waals surface area contributed by atoms with Crippen molar-refractivity contribution < 1.29 is 13.2 Å². The van der Waals surface area contributed by atoms with Crippen LogP contribution in [-0.2, 0) is 10.0 Å². The number of nitrogens with one attached hydrogen (secondary N) is 1. The van der Waals surface area contributed by atoms with E-state index in [1.807, 2.05) is 0 Å². The predicted octanol–water partition coefficient (Wildman–Crippen LogP) is 0.254. The zero-order chi connectivity index (χ0) is 11.5. The number of benzene rings is 1. The topological polar surface area (TPSA) is 66.5 Å². The maximum absolute atomic E-state index is 11.7. The molecule has 1 N–H and O–H groups in total. The van der Waals surface area contributed by atoms with E-state index in [-0.39, 0.29) is 10.5 Å². The first-order chi connectivity index (χ1) is 6.97. The lowest BCUT2D eigenvalue weighted by Gasteiger charge is -2.13. The molecule has 0 amide bonds. The third-order valence-electron chi connectivity index (χ3n) is 1.64. The summed E-state index contributed by atoms with van der Waals surface area (Å²) in [7, 11) is -0.544. The van der Waals surface area contributed by atoms with Crippen LogP contribution >= 0.6 is 0 Å². The fourth-order valence-corrected chi connectivity index (χ4v) is 2.38. The van der Waals surface area contributed by atoms with Crippen LogP contribution in [0.15, 0.2) is 29.2 Å². The zero-order valence-corrected chi connectivity index (χ0v) is 9.28. The van der Waals surface area contributed by atoms with Crippen LogP contribution in [0.3, 0.4) is 0 Å². The number of hydrogen-bond acceptors (Lipinski definition) is 4. The molecule has 82 valence electrons. The number of carbonyl (C=O) groups excluding carboxylic acids is 1. The Balaban J connectivity index is 3.21. The fourth-order valence-electron chi connectivity index (χ4n) is 1.11. The van der Waals surface area contributed by atoms with Gasteiger partial charge in [0.2, 0.25) is 0 Å². The van der Waals surface area contributed by atoms with Crippen LogP contribution in [-0.4, -0.2) is 33.8 Å². The maximum atomic E-state index is 11.7. The van der Waals surface area contributed by atoms with Gasteiger partial charge in [-0.2, -0.15) is 0 Å². The summed E-state index contributed by atoms with van der Waals surface area (Å²) in [5.41, 5.74) is 0.145. The van der Waals surface area contributed by atoms with E-state index in [1.165, 1.54) is 17.1 Å². The second-order valence-electron chi connectivity index (χ2n) is 3.14. The van der Waals surface area contributed by atoms with Crippen LogP contribution < -0.4 is 4.83 Å². The van der Waals surface area contributed by atoms with Gasteiger partial charge < -0.3 is 0 Å². The second kappa shape index (κ2) is 4.52. The van der Waals surface area contributed by atoms with Crippen LogP contribution in [0.2, 0.25) is 0 Å². The Morgan fingerprint density at radius 1 is 1.27 bits per heavy atom. The van der Waals surface area contributed by atoms with Gasteiger partial charge in [-0.25, -0.2) is 13.4 Å². The number of sulfonamides is 1. The molecule has 0 radical (unpaired) electrons. The van der Waals surface area contributed by atoms with Crippen molar-refractivity contribution in [3.05, 3.63) is 29.8 Å². The van der Waals surface area contributed by atoms with Gasteiger partial charge >= 0.3 is 0 Å². The molecule has 0 unspecified atom stereocenters. The average molecular weight is 228 g/mol. The lowest BCUT2D eigenvalue weighted by Crippen LogP contribution is -2.36. The number of carbonyl (C=O) groups is 1. The highest BCUT2D eigenvalue weighted by molar-refractivity contribution is 7.89. The smallest absolute Gasteiger partial charge is 0.254 e. The van der Waals surface area contributed by atoms with Crippen LogP contribution in [0.4, 0.5) is 0 Å². The summed E-state index contributed by atoms with van der Waals surface area (Å²) in [6.45, 7) is 0. The summed E-state index contributed by atoms with van der Waals surface area (Å²) in [5.74, 6) is 0. The Hall–Kier alpha value is -1.24. The Morgan fingerprint density at radius 3 is 2.40 bits per heavy atom. The molecule has 15 heavy (non-hydrogen) atoms. The van der Waals surface area contributed by atoms with Gasteiger partial charge in [0.15, 0.2) is 6.29 Å². The fraction of sp³-hybridized carbons (Fsp3) is 0.222. The summed E-state index contributed by atoms with van der Waals surface area (Å²) < 4.78 is 23.4. The van der Waals surface area contributed by atoms with Crippen molar-refractivity contribution in [2.75, 3.05) is 14.1 Å². The summed E-state index contributed by atoms with van der Waals surface area (Å²) in [6.07, 6.45) is 0.518. The largest absolute Gasteiger partial charge is 0.298 e. The van der Waals surface area contributed by atoms with Gasteiger partial charge in [-0.05, 0) is 6.07 Å². The minimum Gasteiger partial charge on any atom is -0.298 e. The molecular formula is C9H12N2O3S. The summed E-state index contributed by atoms with van der Waals surface area (Å²) in [6, 6.07) is 6.02. The average Bonchev–Trinajstić information content (AvgIpc) is 2.16. The molecule has 0 aromatic heterocycles. The number of rotatable bonds is 4. The summed E-state index contributed by atoms with van der Waals surface area (Å²) in [5, 5.41) is 1.30. The first kappa shape index (κ1) is 11.8. The third-order valence-corrected chi connectivity index (χ3v) is 3.19. The van der Waals surface area contributed by atoms with Gasteiger partial charge in [-0.15, -0.1) is 4.83 Å². The van der Waals surface area contributed by atoms with Gasteiger partial charge in [-0.1, -0.05) is 18.2 Å². The van der Waals surface area contributed by atoms with Gasteiger partial charge in [0.05, 0.1) is 4.90 Å². The molecule has 0 heterocycles. The van der Waals surface area contributed by atoms with E-state index in [4.69, 9.17) is 0 Å². The standard InChI is InChI=1S/C9H12N2O3S/c1-11(2)10-15(13,14)9-6-4-3-5-8(9)7-12/h3-7,10H,1-2H3. The highest BCUT2D eigenvalue weighted by atomic mass is 32.2. The minimum atomic E-state index is -3.66. The van der Waals surface area contributed by atoms with Crippen LogP contribution in [0.25, 0.3) is 0 Å². The van der Waals surface area contributed by atoms with E-state index in [0.717, 1.165) is 0 Å². The number of aldehydes is 1. The van der Waals surface area contributed by atoms with Crippen molar-refractivity contribution >= 4 is 16.3 Å². The normalized spacial score (nSPS) is 11.7. The molecule has 0 fully saturated rings.